The van der Waals surface area contributed by atoms with Crippen LogP contribution in [0.3, 0.4) is 0 Å². The van der Waals surface area contributed by atoms with Crippen LogP contribution in [0.25, 0.3) is 0 Å². The minimum absolute atomic E-state index is 0.223. The fourth-order valence-corrected chi connectivity index (χ4v) is 3.76. The van der Waals surface area contributed by atoms with E-state index in [0.717, 1.165) is 32.0 Å². The number of benzene rings is 1. The molecule has 1 heterocycles. The number of carbonyl (C=O) groups excluding carboxylic acids is 1. The second kappa shape index (κ2) is 7.77. The third-order valence-corrected chi connectivity index (χ3v) is 5.16. The highest BCUT2D eigenvalue weighted by Gasteiger charge is 2.27. The Labute approximate surface area is 137 Å². The maximum atomic E-state index is 13.5. The lowest BCUT2D eigenvalue weighted by atomic mass is 9.95. The third kappa shape index (κ3) is 4.44. The number of urea groups is 1. The summed E-state index contributed by atoms with van der Waals surface area (Å²) in [6.45, 7) is 2.96. The van der Waals surface area contributed by atoms with Gasteiger partial charge < -0.3 is 15.5 Å². The predicted octanol–water partition coefficient (Wildman–Crippen LogP) is 3.60. The van der Waals surface area contributed by atoms with Crippen molar-refractivity contribution in [2.45, 2.75) is 44.6 Å². The molecule has 1 aromatic rings. The number of nitrogens with one attached hydrogen (secondary N) is 2. The number of halogens is 1. The monoisotopic (exact) mass is 319 g/mol. The van der Waals surface area contributed by atoms with Crippen molar-refractivity contribution in [2.75, 3.05) is 25.0 Å². The second-order valence-electron chi connectivity index (χ2n) is 6.73. The number of anilines is 1. The zero-order chi connectivity index (χ0) is 16.1. The van der Waals surface area contributed by atoms with Crippen molar-refractivity contribution in [2.24, 2.45) is 5.92 Å². The van der Waals surface area contributed by atoms with Crippen molar-refractivity contribution in [1.82, 2.24) is 10.2 Å². The number of hydrogen-bond donors (Lipinski definition) is 2. The molecule has 126 valence electrons. The van der Waals surface area contributed by atoms with Gasteiger partial charge in [0.15, 0.2) is 0 Å². The highest BCUT2D eigenvalue weighted by molar-refractivity contribution is 5.89. The molecule has 23 heavy (non-hydrogen) atoms. The first-order valence-corrected chi connectivity index (χ1v) is 8.76. The summed E-state index contributed by atoms with van der Waals surface area (Å²) in [7, 11) is 0. The Morgan fingerprint density at radius 1 is 1.13 bits per heavy atom. The van der Waals surface area contributed by atoms with E-state index in [2.05, 4.69) is 15.5 Å². The van der Waals surface area contributed by atoms with Crippen molar-refractivity contribution in [3.63, 3.8) is 0 Å². The number of carbonyl (C=O) groups is 1. The molecule has 0 atom stereocenters. The van der Waals surface area contributed by atoms with Crippen LogP contribution in [0.2, 0.25) is 0 Å². The summed E-state index contributed by atoms with van der Waals surface area (Å²) in [4.78, 5) is 14.5. The van der Waals surface area contributed by atoms with Gasteiger partial charge in [0.2, 0.25) is 0 Å². The molecule has 0 aromatic heterocycles. The molecule has 0 radical (unpaired) electrons. The Kier molecular flexibility index (Phi) is 5.49. The molecular weight excluding hydrogens is 293 g/mol. The Balaban J connectivity index is 1.38. The van der Waals surface area contributed by atoms with Gasteiger partial charge in [0.25, 0.3) is 0 Å². The maximum Gasteiger partial charge on any atom is 0.319 e. The molecule has 2 amide bonds. The lowest BCUT2D eigenvalue weighted by Gasteiger charge is -2.36. The minimum Gasteiger partial charge on any atom is -0.338 e. The molecule has 1 saturated carbocycles. The molecule has 3 rings (SSSR count). The van der Waals surface area contributed by atoms with Crippen LogP contribution in [0.15, 0.2) is 24.3 Å². The molecule has 1 aliphatic heterocycles. The lowest BCUT2D eigenvalue weighted by molar-refractivity contribution is 0.134. The van der Waals surface area contributed by atoms with Crippen LogP contribution in [-0.4, -0.2) is 36.6 Å². The van der Waals surface area contributed by atoms with Gasteiger partial charge in [-0.25, -0.2) is 9.18 Å². The van der Waals surface area contributed by atoms with E-state index in [1.807, 2.05) is 0 Å². The molecule has 0 spiro atoms. The van der Waals surface area contributed by atoms with Crippen LogP contribution < -0.4 is 10.6 Å². The summed E-state index contributed by atoms with van der Waals surface area (Å²) < 4.78 is 13.5. The maximum absolute atomic E-state index is 13.5. The number of amides is 2. The smallest absolute Gasteiger partial charge is 0.319 e. The van der Waals surface area contributed by atoms with E-state index in [1.165, 1.54) is 31.7 Å². The first kappa shape index (κ1) is 16.2. The molecule has 1 aromatic carbocycles. The second-order valence-corrected chi connectivity index (χ2v) is 6.73. The largest absolute Gasteiger partial charge is 0.338 e. The van der Waals surface area contributed by atoms with E-state index in [4.69, 9.17) is 0 Å². The summed E-state index contributed by atoms with van der Waals surface area (Å²) in [5.74, 6) is 0.117. The number of nitrogens with zero attached hydrogens (tertiary/aromatic N) is 1. The average Bonchev–Trinajstić information content (AvgIpc) is 3.10. The highest BCUT2D eigenvalue weighted by Crippen LogP contribution is 2.27. The van der Waals surface area contributed by atoms with Crippen LogP contribution in [-0.2, 0) is 0 Å². The van der Waals surface area contributed by atoms with Gasteiger partial charge in [-0.3, -0.25) is 0 Å². The third-order valence-electron chi connectivity index (χ3n) is 5.16. The van der Waals surface area contributed by atoms with Crippen LogP contribution in [0, 0.1) is 11.7 Å². The van der Waals surface area contributed by atoms with Gasteiger partial charge in [-0.05, 0) is 56.8 Å². The van der Waals surface area contributed by atoms with Crippen LogP contribution in [0.4, 0.5) is 14.9 Å². The molecule has 1 aliphatic carbocycles. The Morgan fingerprint density at radius 3 is 2.52 bits per heavy atom. The molecule has 2 N–H and O–H groups in total. The molecule has 0 bridgehead atoms. The van der Waals surface area contributed by atoms with Crippen LogP contribution >= 0.6 is 0 Å². The van der Waals surface area contributed by atoms with Crippen molar-refractivity contribution in [1.29, 1.82) is 0 Å². The highest BCUT2D eigenvalue weighted by atomic mass is 19.1. The van der Waals surface area contributed by atoms with E-state index in [9.17, 15) is 9.18 Å². The summed E-state index contributed by atoms with van der Waals surface area (Å²) >= 11 is 0. The fourth-order valence-electron chi connectivity index (χ4n) is 3.76. The normalized spacial score (nSPS) is 20.6. The molecule has 5 heteroatoms. The fraction of sp³-hybridized carbons (Fsp3) is 0.611. The van der Waals surface area contributed by atoms with Crippen molar-refractivity contribution in [3.8, 4) is 0 Å². The summed E-state index contributed by atoms with van der Waals surface area (Å²) in [5, 5.41) is 5.45. The van der Waals surface area contributed by atoms with Gasteiger partial charge in [0.1, 0.15) is 5.82 Å². The van der Waals surface area contributed by atoms with E-state index in [-0.39, 0.29) is 11.7 Å². The topological polar surface area (TPSA) is 44.4 Å². The van der Waals surface area contributed by atoms with Gasteiger partial charge in [-0.1, -0.05) is 25.0 Å². The quantitative estimate of drug-likeness (QED) is 0.890. The molecular formula is C18H26FN3O. The number of para-hydroxylation sites is 1. The minimum atomic E-state index is -0.410. The van der Waals surface area contributed by atoms with E-state index in [1.54, 1.807) is 18.2 Å². The molecule has 2 fully saturated rings. The molecule has 2 aliphatic rings. The van der Waals surface area contributed by atoms with Gasteiger partial charge in [-0.15, -0.1) is 0 Å². The van der Waals surface area contributed by atoms with Crippen molar-refractivity contribution in [3.05, 3.63) is 30.1 Å². The lowest BCUT2D eigenvalue weighted by Crippen LogP contribution is -2.43. The first-order chi connectivity index (χ1) is 11.2. The van der Waals surface area contributed by atoms with Crippen molar-refractivity contribution < 1.29 is 9.18 Å². The standard InChI is InChI=1S/C18H26FN3O/c19-16-7-3-4-8-17(16)21-18(23)20-13-14-9-11-22(12-10-14)15-5-1-2-6-15/h3-4,7-8,14-15H,1-2,5-6,9-13H2,(H2,20,21,23). The van der Waals surface area contributed by atoms with Gasteiger partial charge in [-0.2, -0.15) is 0 Å². The number of rotatable bonds is 4. The zero-order valence-corrected chi connectivity index (χ0v) is 13.6. The molecule has 4 nitrogen and oxygen atoms in total. The molecule has 1 saturated heterocycles. The zero-order valence-electron chi connectivity index (χ0n) is 13.6. The summed E-state index contributed by atoms with van der Waals surface area (Å²) in [5.41, 5.74) is 0.223. The van der Waals surface area contributed by atoms with Crippen LogP contribution in [0.1, 0.15) is 38.5 Å². The summed E-state index contributed by atoms with van der Waals surface area (Å²) in [6, 6.07) is 6.69. The SMILES string of the molecule is O=C(NCC1CCN(C2CCCC2)CC1)Nc1ccccc1F. The van der Waals surface area contributed by atoms with Crippen molar-refractivity contribution >= 4 is 11.7 Å². The van der Waals surface area contributed by atoms with E-state index >= 15 is 0 Å². The van der Waals surface area contributed by atoms with E-state index < -0.39 is 5.82 Å². The average molecular weight is 319 g/mol. The Hall–Kier alpha value is -1.62. The number of piperidine rings is 1. The summed E-state index contributed by atoms with van der Waals surface area (Å²) in [6.07, 6.45) is 7.74. The van der Waals surface area contributed by atoms with Gasteiger partial charge in [0.05, 0.1) is 5.69 Å². The van der Waals surface area contributed by atoms with Gasteiger partial charge >= 0.3 is 6.03 Å². The number of likely N-dealkylation sites (tertiary alicyclic amines) is 1. The molecule has 0 unspecified atom stereocenters. The van der Waals surface area contributed by atoms with E-state index in [0.29, 0.717) is 12.5 Å². The van der Waals surface area contributed by atoms with Gasteiger partial charge in [0, 0.05) is 12.6 Å². The Morgan fingerprint density at radius 2 is 1.83 bits per heavy atom. The number of hydrogen-bond acceptors (Lipinski definition) is 2. The first-order valence-electron chi connectivity index (χ1n) is 8.76. The van der Waals surface area contributed by atoms with Crippen LogP contribution in [0.5, 0.6) is 0 Å². The Bertz CT molecular complexity index is 523. The predicted molar refractivity (Wildman–Crippen MR) is 90.0 cm³/mol.